The van der Waals surface area contributed by atoms with Gasteiger partial charge in [-0.25, -0.2) is 0 Å². The summed E-state index contributed by atoms with van der Waals surface area (Å²) in [6, 6.07) is 14.5. The number of hydrogen-bond donors (Lipinski definition) is 2. The summed E-state index contributed by atoms with van der Waals surface area (Å²) in [5.74, 6) is 0.723. The van der Waals surface area contributed by atoms with E-state index in [9.17, 15) is 0 Å². The molecule has 84 valence electrons. The molecule has 2 N–H and O–H groups in total. The van der Waals surface area contributed by atoms with Gasteiger partial charge in [0.1, 0.15) is 11.5 Å². The van der Waals surface area contributed by atoms with Crippen LogP contribution in [0.5, 0.6) is 11.5 Å². The molecule has 0 unspecified atom stereocenters. The number of phenolic OH excluding ortho intramolecular Hbond substituents is 2. The molecule has 0 atom stereocenters. The number of rotatable bonds is 0. The summed E-state index contributed by atoms with van der Waals surface area (Å²) < 4.78 is 0.894. The molecule has 0 saturated heterocycles. The van der Waals surface area contributed by atoms with Gasteiger partial charge in [-0.15, -0.1) is 0 Å². The van der Waals surface area contributed by atoms with Crippen LogP contribution in [0.2, 0.25) is 0 Å². The molecule has 2 rings (SSSR count). The fourth-order valence-corrected chi connectivity index (χ4v) is 1.40. The maximum atomic E-state index is 8.92. The molecule has 2 aromatic rings. The van der Waals surface area contributed by atoms with E-state index in [-0.39, 0.29) is 0 Å². The Kier molecular flexibility index (Phi) is 5.11. The average molecular weight is 328 g/mol. The number of phenols is 2. The SMILES string of the molecule is Cc1ccccc1O.Oc1ccccc1I. The first-order valence-corrected chi connectivity index (χ1v) is 5.87. The van der Waals surface area contributed by atoms with Gasteiger partial charge < -0.3 is 10.2 Å². The van der Waals surface area contributed by atoms with E-state index in [1.54, 1.807) is 18.2 Å². The van der Waals surface area contributed by atoms with Gasteiger partial charge >= 0.3 is 0 Å². The van der Waals surface area contributed by atoms with Gasteiger partial charge in [-0.3, -0.25) is 0 Å². The molecule has 2 aromatic carbocycles. The second-order valence-electron chi connectivity index (χ2n) is 3.24. The number of para-hydroxylation sites is 2. The topological polar surface area (TPSA) is 40.5 Å². The predicted octanol–water partition coefficient (Wildman–Crippen LogP) is 3.70. The Balaban J connectivity index is 0.000000160. The summed E-state index contributed by atoms with van der Waals surface area (Å²) in [6.45, 7) is 1.87. The largest absolute Gasteiger partial charge is 0.508 e. The zero-order valence-electron chi connectivity index (χ0n) is 8.89. The molecule has 3 heteroatoms. The minimum atomic E-state index is 0.355. The first-order chi connectivity index (χ1) is 7.61. The molecule has 0 aliphatic carbocycles. The van der Waals surface area contributed by atoms with E-state index in [1.807, 2.05) is 37.3 Å². The Bertz CT molecular complexity index is 370. The summed E-state index contributed by atoms with van der Waals surface area (Å²) >= 11 is 2.07. The molecule has 0 saturated carbocycles. The van der Waals surface area contributed by atoms with Crippen LogP contribution in [-0.2, 0) is 0 Å². The highest BCUT2D eigenvalue weighted by Gasteiger charge is 1.89. The summed E-state index contributed by atoms with van der Waals surface area (Å²) in [5.41, 5.74) is 0.924. The number of aryl methyl sites for hydroxylation is 1. The maximum absolute atomic E-state index is 8.92. The molecule has 16 heavy (non-hydrogen) atoms. The van der Waals surface area contributed by atoms with Gasteiger partial charge in [-0.05, 0) is 53.3 Å². The lowest BCUT2D eigenvalue weighted by Gasteiger charge is -1.92. The number of benzene rings is 2. The van der Waals surface area contributed by atoms with Crippen molar-refractivity contribution in [3.05, 3.63) is 57.7 Å². The van der Waals surface area contributed by atoms with E-state index in [4.69, 9.17) is 10.2 Å². The van der Waals surface area contributed by atoms with Crippen molar-refractivity contribution < 1.29 is 10.2 Å². The fraction of sp³-hybridized carbons (Fsp3) is 0.0769. The maximum Gasteiger partial charge on any atom is 0.128 e. The molecule has 0 bridgehead atoms. The molecular formula is C13H13IO2. The van der Waals surface area contributed by atoms with Gasteiger partial charge in [0.25, 0.3) is 0 Å². The predicted molar refractivity (Wildman–Crippen MR) is 73.7 cm³/mol. The first-order valence-electron chi connectivity index (χ1n) is 4.79. The van der Waals surface area contributed by atoms with Crippen LogP contribution in [0.4, 0.5) is 0 Å². The van der Waals surface area contributed by atoms with Crippen molar-refractivity contribution in [1.29, 1.82) is 0 Å². The fourth-order valence-electron chi connectivity index (χ4n) is 1.02. The summed E-state index contributed by atoms with van der Waals surface area (Å²) in [5, 5.41) is 17.8. The van der Waals surface area contributed by atoms with Gasteiger partial charge in [-0.2, -0.15) is 0 Å². The summed E-state index contributed by atoms with van der Waals surface area (Å²) in [4.78, 5) is 0. The number of halogens is 1. The van der Waals surface area contributed by atoms with Crippen molar-refractivity contribution in [1.82, 2.24) is 0 Å². The summed E-state index contributed by atoms with van der Waals surface area (Å²) in [7, 11) is 0. The van der Waals surface area contributed by atoms with Crippen LogP contribution in [0.25, 0.3) is 0 Å². The van der Waals surface area contributed by atoms with Crippen LogP contribution >= 0.6 is 22.6 Å². The Hall–Kier alpha value is -1.23. The number of aromatic hydroxyl groups is 2. The highest BCUT2D eigenvalue weighted by molar-refractivity contribution is 14.1. The molecule has 0 amide bonds. The van der Waals surface area contributed by atoms with E-state index in [0.717, 1.165) is 9.13 Å². The van der Waals surface area contributed by atoms with Crippen molar-refractivity contribution in [3.8, 4) is 11.5 Å². The lowest BCUT2D eigenvalue weighted by Crippen LogP contribution is -1.68. The lowest BCUT2D eigenvalue weighted by atomic mass is 10.2. The van der Waals surface area contributed by atoms with Crippen LogP contribution in [-0.4, -0.2) is 10.2 Å². The van der Waals surface area contributed by atoms with E-state index in [1.165, 1.54) is 0 Å². The van der Waals surface area contributed by atoms with Crippen molar-refractivity contribution in [2.45, 2.75) is 6.92 Å². The molecule has 0 aromatic heterocycles. The molecule has 0 fully saturated rings. The Morgan fingerprint density at radius 3 is 1.62 bits per heavy atom. The molecular weight excluding hydrogens is 315 g/mol. The normalized spacial score (nSPS) is 9.12. The third kappa shape index (κ3) is 4.10. The minimum absolute atomic E-state index is 0.355. The highest BCUT2D eigenvalue weighted by Crippen LogP contribution is 2.16. The highest BCUT2D eigenvalue weighted by atomic mass is 127. The van der Waals surface area contributed by atoms with Crippen LogP contribution < -0.4 is 0 Å². The van der Waals surface area contributed by atoms with Gasteiger partial charge in [0.15, 0.2) is 0 Å². The standard InChI is InChI=1S/C7H8O.C6H5IO/c1-6-4-2-3-5-7(6)8;7-5-3-1-2-4-6(5)8/h2-5,8H,1H3;1-4,8H. The molecule has 0 spiro atoms. The van der Waals surface area contributed by atoms with Gasteiger partial charge in [0.05, 0.1) is 3.57 Å². The zero-order valence-corrected chi connectivity index (χ0v) is 11.0. The van der Waals surface area contributed by atoms with Gasteiger partial charge in [0.2, 0.25) is 0 Å². The zero-order chi connectivity index (χ0) is 12.0. The Labute approximate surface area is 109 Å². The smallest absolute Gasteiger partial charge is 0.128 e. The second kappa shape index (κ2) is 6.37. The molecule has 0 heterocycles. The van der Waals surface area contributed by atoms with Crippen LogP contribution in [0.15, 0.2) is 48.5 Å². The molecule has 0 aliphatic rings. The number of hydrogen-bond acceptors (Lipinski definition) is 2. The van der Waals surface area contributed by atoms with E-state index < -0.39 is 0 Å². The van der Waals surface area contributed by atoms with Gasteiger partial charge in [0, 0.05) is 0 Å². The van der Waals surface area contributed by atoms with Crippen LogP contribution in [0, 0.1) is 10.5 Å². The summed E-state index contributed by atoms with van der Waals surface area (Å²) in [6.07, 6.45) is 0. The average Bonchev–Trinajstić information content (AvgIpc) is 2.28. The molecule has 0 radical (unpaired) electrons. The van der Waals surface area contributed by atoms with Crippen LogP contribution in [0.1, 0.15) is 5.56 Å². The lowest BCUT2D eigenvalue weighted by molar-refractivity contribution is 0.471. The molecule has 0 aliphatic heterocycles. The van der Waals surface area contributed by atoms with E-state index in [0.29, 0.717) is 11.5 Å². The minimum Gasteiger partial charge on any atom is -0.508 e. The van der Waals surface area contributed by atoms with Crippen molar-refractivity contribution in [2.75, 3.05) is 0 Å². The van der Waals surface area contributed by atoms with E-state index >= 15 is 0 Å². The Morgan fingerprint density at radius 1 is 0.812 bits per heavy atom. The van der Waals surface area contributed by atoms with E-state index in [2.05, 4.69) is 22.6 Å². The third-order valence-corrected chi connectivity index (χ3v) is 2.88. The second-order valence-corrected chi connectivity index (χ2v) is 4.40. The first kappa shape index (κ1) is 12.8. The monoisotopic (exact) mass is 328 g/mol. The molecule has 2 nitrogen and oxygen atoms in total. The van der Waals surface area contributed by atoms with Crippen molar-refractivity contribution >= 4 is 22.6 Å². The Morgan fingerprint density at radius 2 is 1.31 bits per heavy atom. The third-order valence-electron chi connectivity index (χ3n) is 1.97. The van der Waals surface area contributed by atoms with Crippen molar-refractivity contribution in [2.24, 2.45) is 0 Å². The van der Waals surface area contributed by atoms with Gasteiger partial charge in [-0.1, -0.05) is 30.3 Å². The van der Waals surface area contributed by atoms with Crippen LogP contribution in [0.3, 0.4) is 0 Å². The van der Waals surface area contributed by atoms with Crippen molar-refractivity contribution in [3.63, 3.8) is 0 Å². The quantitative estimate of drug-likeness (QED) is 0.724.